The molecule has 0 heterocycles. The Balaban J connectivity index is 2.12. The Bertz CT molecular complexity index is 981. The van der Waals surface area contributed by atoms with Crippen LogP contribution in [-0.4, -0.2) is 33.7 Å². The zero-order chi connectivity index (χ0) is 22.9. The van der Waals surface area contributed by atoms with Crippen molar-refractivity contribution in [3.63, 3.8) is 0 Å². The molecule has 0 aliphatic heterocycles. The minimum absolute atomic E-state index is 0.200. The van der Waals surface area contributed by atoms with Crippen LogP contribution in [0.4, 0.5) is 4.39 Å². The molecule has 0 amide bonds. The van der Waals surface area contributed by atoms with Crippen molar-refractivity contribution in [1.29, 1.82) is 0 Å². The van der Waals surface area contributed by atoms with E-state index in [9.17, 15) is 14.7 Å². The van der Waals surface area contributed by atoms with Crippen LogP contribution in [0.1, 0.15) is 50.7 Å². The van der Waals surface area contributed by atoms with E-state index in [-0.39, 0.29) is 12.2 Å². The van der Waals surface area contributed by atoms with E-state index in [4.69, 9.17) is 4.74 Å². The van der Waals surface area contributed by atoms with Gasteiger partial charge in [0.25, 0.3) is 0 Å². The van der Waals surface area contributed by atoms with Crippen molar-refractivity contribution in [2.24, 2.45) is 0 Å². The van der Waals surface area contributed by atoms with Crippen LogP contribution >= 0.6 is 15.9 Å². The third-order valence-corrected chi connectivity index (χ3v) is 5.86. The summed E-state index contributed by atoms with van der Waals surface area (Å²) < 4.78 is 23.2. The van der Waals surface area contributed by atoms with E-state index in [2.05, 4.69) is 15.9 Å². The fraction of sp³-hybridized carbons (Fsp3) is 0.360. The molecule has 164 valence electrons. The van der Waals surface area contributed by atoms with Gasteiger partial charge in [-0.3, -0.25) is 4.79 Å². The molecule has 1 saturated carbocycles. The van der Waals surface area contributed by atoms with Gasteiger partial charge in [-0.05, 0) is 50.1 Å². The predicted molar refractivity (Wildman–Crippen MR) is 121 cm³/mol. The average molecular weight is 489 g/mol. The van der Waals surface area contributed by atoms with Crippen LogP contribution in [0.5, 0.6) is 0 Å². The number of benzene rings is 2. The number of carbonyl (C=O) groups is 2. The number of rotatable bonds is 4. The highest BCUT2D eigenvalue weighted by Gasteiger charge is 2.66. The Kier molecular flexibility index (Phi) is 6.53. The molecule has 6 heteroatoms. The van der Waals surface area contributed by atoms with Crippen molar-refractivity contribution >= 4 is 33.8 Å². The van der Waals surface area contributed by atoms with Crippen LogP contribution in [0.2, 0.25) is 0 Å². The van der Waals surface area contributed by atoms with E-state index in [1.807, 2.05) is 0 Å². The van der Waals surface area contributed by atoms with Crippen molar-refractivity contribution in [3.8, 4) is 0 Å². The first-order chi connectivity index (χ1) is 14.4. The number of Topliss-reactive ketones (excluding diaryl/α,β-unsaturated/α-hetero) is 1. The Labute approximate surface area is 190 Å². The highest BCUT2D eigenvalue weighted by Crippen LogP contribution is 2.50. The second kappa shape index (κ2) is 8.67. The lowest BCUT2D eigenvalue weighted by atomic mass is 9.63. The van der Waals surface area contributed by atoms with Crippen LogP contribution in [0, 0.1) is 0 Å². The summed E-state index contributed by atoms with van der Waals surface area (Å²) in [4.78, 5) is 25.8. The molecule has 0 saturated heterocycles. The van der Waals surface area contributed by atoms with E-state index in [0.29, 0.717) is 11.1 Å². The molecule has 1 aliphatic rings. The number of ether oxygens (including phenoxy) is 1. The van der Waals surface area contributed by atoms with Gasteiger partial charge < -0.3 is 9.84 Å². The first-order valence-corrected chi connectivity index (χ1v) is 10.9. The van der Waals surface area contributed by atoms with Crippen molar-refractivity contribution in [2.75, 3.05) is 0 Å². The Morgan fingerprint density at radius 1 is 1.16 bits per heavy atom. The van der Waals surface area contributed by atoms with Gasteiger partial charge in [0.05, 0.1) is 0 Å². The van der Waals surface area contributed by atoms with E-state index >= 15 is 4.39 Å². The normalized spacial score (nSPS) is 26.8. The van der Waals surface area contributed by atoms with E-state index < -0.39 is 35.2 Å². The first-order valence-electron chi connectivity index (χ1n) is 10.1. The molecule has 1 N–H and O–H groups in total. The Hall–Kier alpha value is -2.31. The maximum absolute atomic E-state index is 16.9. The number of ketones is 1. The summed E-state index contributed by atoms with van der Waals surface area (Å²) in [6.45, 7) is 4.91. The maximum Gasteiger partial charge on any atom is 0.348 e. The van der Waals surface area contributed by atoms with E-state index in [1.165, 1.54) is 12.2 Å². The van der Waals surface area contributed by atoms with E-state index in [1.54, 1.807) is 75.4 Å². The fourth-order valence-electron chi connectivity index (χ4n) is 3.86. The van der Waals surface area contributed by atoms with Gasteiger partial charge in [0.2, 0.25) is 5.67 Å². The zero-order valence-corrected chi connectivity index (χ0v) is 19.4. The summed E-state index contributed by atoms with van der Waals surface area (Å²) >= 11 is 3.35. The highest BCUT2D eigenvalue weighted by molar-refractivity contribution is 9.10. The second-order valence-corrected chi connectivity index (χ2v) is 9.82. The molecule has 3 atom stereocenters. The lowest BCUT2D eigenvalue weighted by Crippen LogP contribution is -2.63. The number of halogens is 2. The lowest BCUT2D eigenvalue weighted by Gasteiger charge is -2.46. The Morgan fingerprint density at radius 3 is 2.35 bits per heavy atom. The molecule has 0 aromatic heterocycles. The predicted octanol–water partition coefficient (Wildman–Crippen LogP) is 5.39. The summed E-state index contributed by atoms with van der Waals surface area (Å²) in [5.41, 5.74) is -5.02. The number of hydrogen-bond acceptors (Lipinski definition) is 4. The molecule has 2 aromatic rings. The molecule has 0 spiro atoms. The lowest BCUT2D eigenvalue weighted by molar-refractivity contribution is -0.194. The first kappa shape index (κ1) is 23.4. The third-order valence-electron chi connectivity index (χ3n) is 5.33. The Morgan fingerprint density at radius 2 is 1.77 bits per heavy atom. The van der Waals surface area contributed by atoms with Gasteiger partial charge in [-0.15, -0.1) is 0 Å². The molecule has 0 bridgehead atoms. The number of alkyl halides is 1. The average Bonchev–Trinajstić information content (AvgIpc) is 2.69. The van der Waals surface area contributed by atoms with Gasteiger partial charge in [0, 0.05) is 23.2 Å². The summed E-state index contributed by atoms with van der Waals surface area (Å²) in [5, 5.41) is 11.5. The molecule has 1 fully saturated rings. The van der Waals surface area contributed by atoms with Crippen LogP contribution < -0.4 is 0 Å². The number of esters is 1. The van der Waals surface area contributed by atoms with Crippen LogP contribution in [-0.2, 0) is 14.3 Å². The van der Waals surface area contributed by atoms with Crippen molar-refractivity contribution in [2.45, 2.75) is 56.4 Å². The zero-order valence-electron chi connectivity index (χ0n) is 17.8. The van der Waals surface area contributed by atoms with Crippen LogP contribution in [0.3, 0.4) is 0 Å². The monoisotopic (exact) mass is 488 g/mol. The van der Waals surface area contributed by atoms with Gasteiger partial charge in [0.15, 0.2) is 0 Å². The highest BCUT2D eigenvalue weighted by atomic mass is 79.9. The smallest absolute Gasteiger partial charge is 0.348 e. The largest absolute Gasteiger partial charge is 0.457 e. The molecular weight excluding hydrogens is 463 g/mol. The molecule has 0 radical (unpaired) electrons. The second-order valence-electron chi connectivity index (χ2n) is 8.91. The summed E-state index contributed by atoms with van der Waals surface area (Å²) in [6, 6.07) is 15.6. The third kappa shape index (κ3) is 4.96. The molecule has 4 nitrogen and oxygen atoms in total. The quantitative estimate of drug-likeness (QED) is 0.585. The van der Waals surface area contributed by atoms with Gasteiger partial charge >= 0.3 is 5.97 Å². The SMILES string of the molecule is CC(C)(C)OC(=O)[C@@]1(F)[C@H](c2ccccc2)CC(=O)C[C@]1(O)/C=C/c1ccc(Br)cc1. The molecule has 2 aromatic carbocycles. The number of carbonyl (C=O) groups excluding carboxylic acids is 2. The summed E-state index contributed by atoms with van der Waals surface area (Å²) in [7, 11) is 0. The van der Waals surface area contributed by atoms with Gasteiger partial charge in [0.1, 0.15) is 17.0 Å². The van der Waals surface area contributed by atoms with Crippen molar-refractivity contribution in [3.05, 3.63) is 76.3 Å². The van der Waals surface area contributed by atoms with Crippen LogP contribution in [0.15, 0.2) is 65.1 Å². The van der Waals surface area contributed by atoms with Crippen LogP contribution in [0.25, 0.3) is 6.08 Å². The molecule has 0 unspecified atom stereocenters. The number of hydrogen-bond donors (Lipinski definition) is 1. The standard InChI is InChI=1S/C25H26BrFO4/c1-23(2,3)31-22(29)25(27)21(18-7-5-4-6-8-18)15-20(28)16-24(25,30)14-13-17-9-11-19(26)12-10-17/h4-14,21,30H,15-16H2,1-3H3/b14-13+/t21-,24+,25-/m0/s1. The van der Waals surface area contributed by atoms with Gasteiger partial charge in [-0.1, -0.05) is 64.5 Å². The van der Waals surface area contributed by atoms with Crippen molar-refractivity contribution in [1.82, 2.24) is 0 Å². The molecule has 3 rings (SSSR count). The maximum atomic E-state index is 16.9. The number of aliphatic hydroxyl groups is 1. The molecule has 31 heavy (non-hydrogen) atoms. The topological polar surface area (TPSA) is 63.6 Å². The van der Waals surface area contributed by atoms with Gasteiger partial charge in [-0.2, -0.15) is 0 Å². The van der Waals surface area contributed by atoms with Gasteiger partial charge in [-0.25, -0.2) is 9.18 Å². The summed E-state index contributed by atoms with van der Waals surface area (Å²) in [6.07, 6.45) is 2.02. The van der Waals surface area contributed by atoms with E-state index in [0.717, 1.165) is 4.47 Å². The summed E-state index contributed by atoms with van der Waals surface area (Å²) in [5.74, 6) is -2.68. The molecular formula is C25H26BrFO4. The minimum atomic E-state index is -2.85. The molecule has 1 aliphatic carbocycles. The van der Waals surface area contributed by atoms with Crippen molar-refractivity contribution < 1.29 is 23.8 Å². The fourth-order valence-corrected chi connectivity index (χ4v) is 4.13. The minimum Gasteiger partial charge on any atom is -0.457 e.